The maximum absolute atomic E-state index is 8.63. The quantitative estimate of drug-likeness (QED) is 0.236. The van der Waals surface area contributed by atoms with Crippen molar-refractivity contribution in [2.24, 2.45) is 0 Å². The first-order valence-electron chi connectivity index (χ1n) is 3.11. The van der Waals surface area contributed by atoms with Crippen LogP contribution in [0.3, 0.4) is 0 Å². The van der Waals surface area contributed by atoms with Crippen LogP contribution >= 0.6 is 0 Å². The van der Waals surface area contributed by atoms with E-state index in [-0.39, 0.29) is 0 Å². The molecule has 0 fully saturated rings. The molecule has 0 atom stereocenters. The topological polar surface area (TPSA) is 116 Å². The molecular formula is C4H12O7S2-2. The summed E-state index contributed by atoms with van der Waals surface area (Å²) in [4.78, 5) is 0. The van der Waals surface area contributed by atoms with Crippen molar-refractivity contribution in [2.45, 2.75) is 26.7 Å². The Morgan fingerprint density at radius 3 is 1.54 bits per heavy atom. The molecule has 13 heavy (non-hydrogen) atoms. The Bertz CT molecular complexity index is 138. The Morgan fingerprint density at radius 1 is 1.38 bits per heavy atom. The minimum Gasteiger partial charge on any atom is -0.726 e. The summed E-state index contributed by atoms with van der Waals surface area (Å²) in [5.74, 6) is 0. The molecule has 0 bridgehead atoms. The van der Waals surface area contributed by atoms with Gasteiger partial charge in [0.15, 0.2) is 0 Å². The Balaban J connectivity index is -0.000000117. The molecule has 0 radical (unpaired) electrons. The Kier molecular flexibility index (Phi) is 21.1. The summed E-state index contributed by atoms with van der Waals surface area (Å²) in [7, 11) is -4.92. The predicted molar refractivity (Wildman–Crippen MR) is 45.1 cm³/mol. The van der Waals surface area contributed by atoms with Gasteiger partial charge < -0.3 is 21.8 Å². The van der Waals surface area contributed by atoms with E-state index in [1.165, 1.54) is 12.8 Å². The fourth-order valence-corrected chi connectivity index (χ4v) is 0. The Labute approximate surface area is 82.7 Å². The van der Waals surface area contributed by atoms with Crippen LogP contribution in [0.15, 0.2) is 0 Å². The van der Waals surface area contributed by atoms with Gasteiger partial charge in [0.2, 0.25) is 10.4 Å². The smallest absolute Gasteiger partial charge is 0.215 e. The Hall–Kier alpha value is 0.1000. The third-order valence-electron chi connectivity index (χ3n) is 0.530. The second kappa shape index (κ2) is 14.6. The molecule has 0 rings (SSSR count). The second-order valence-electron chi connectivity index (χ2n) is 1.57. The lowest BCUT2D eigenvalue weighted by Crippen LogP contribution is -1.90. The van der Waals surface area contributed by atoms with Crippen molar-refractivity contribution in [3.63, 3.8) is 0 Å². The van der Waals surface area contributed by atoms with E-state index in [4.69, 9.17) is 22.8 Å². The summed E-state index contributed by atoms with van der Waals surface area (Å²) in [6.07, 6.45) is 2.64. The summed E-state index contributed by atoms with van der Waals surface area (Å²) >= 11 is 3.58. The molecule has 0 unspecified atom stereocenters. The van der Waals surface area contributed by atoms with E-state index in [0.29, 0.717) is 0 Å². The highest BCUT2D eigenvalue weighted by Crippen LogP contribution is 1.76. The van der Waals surface area contributed by atoms with Gasteiger partial charge in [-0.3, -0.25) is 4.55 Å². The van der Waals surface area contributed by atoms with E-state index in [9.17, 15) is 0 Å². The molecule has 0 amide bonds. The summed E-state index contributed by atoms with van der Waals surface area (Å²) in [6, 6.07) is 0. The van der Waals surface area contributed by atoms with Gasteiger partial charge in [-0.05, 0) is 0 Å². The molecule has 0 heterocycles. The van der Waals surface area contributed by atoms with E-state index < -0.39 is 10.4 Å². The molecule has 0 saturated heterocycles. The van der Waals surface area contributed by atoms with Crippen molar-refractivity contribution in [3.8, 4) is 0 Å². The molecule has 0 spiro atoms. The molecular weight excluding hydrogens is 224 g/mol. The third-order valence-corrected chi connectivity index (χ3v) is 0.591. The van der Waals surface area contributed by atoms with E-state index in [0.717, 1.165) is 0 Å². The van der Waals surface area contributed by atoms with Gasteiger partial charge in [0, 0.05) is 0 Å². The van der Waals surface area contributed by atoms with Crippen LogP contribution in [-0.2, 0) is 32.7 Å². The van der Waals surface area contributed by atoms with Gasteiger partial charge >= 0.3 is 0 Å². The number of rotatable bonds is 2. The molecule has 0 aromatic rings. The average molecular weight is 236 g/mol. The molecule has 9 heteroatoms. The van der Waals surface area contributed by atoms with Crippen LogP contribution in [0.2, 0.25) is 0 Å². The lowest BCUT2D eigenvalue weighted by Gasteiger charge is -1.92. The van der Waals surface area contributed by atoms with Crippen molar-refractivity contribution < 1.29 is 32.2 Å². The maximum Gasteiger partial charge on any atom is 0.215 e. The number of hydrogen-bond acceptors (Lipinski definition) is 7. The van der Waals surface area contributed by atoms with Crippen molar-refractivity contribution >= 4 is 23.3 Å². The molecule has 7 nitrogen and oxygen atoms in total. The fourth-order valence-electron chi connectivity index (χ4n) is 0. The van der Waals surface area contributed by atoms with Crippen LogP contribution in [0, 0.1) is 0 Å². The van der Waals surface area contributed by atoms with Gasteiger partial charge in [0.05, 0.1) is 0 Å². The summed E-state index contributed by atoms with van der Waals surface area (Å²) in [6.45, 7) is 4.36. The zero-order valence-electron chi connectivity index (χ0n) is 7.17. The molecule has 0 aliphatic carbocycles. The van der Waals surface area contributed by atoms with Gasteiger partial charge in [-0.2, -0.15) is 0 Å². The molecule has 0 aliphatic heterocycles. The molecule has 0 saturated carbocycles. The number of unbranched alkanes of at least 4 members (excludes halogenated alkanes) is 1. The summed E-state index contributed by atoms with van der Waals surface area (Å²) in [5, 5.41) is 9.91. The zero-order valence-corrected chi connectivity index (χ0v) is 8.80. The van der Waals surface area contributed by atoms with E-state index in [1.807, 2.05) is 0 Å². The minimum absolute atomic E-state index is 1.32. The Morgan fingerprint density at radius 2 is 1.54 bits per heavy atom. The SMILES string of the molecule is CCCC.O=S(=O)([O-])O.OOO[S-]. The first kappa shape index (κ1) is 18.8. The van der Waals surface area contributed by atoms with Gasteiger partial charge in [0.25, 0.3) is 0 Å². The van der Waals surface area contributed by atoms with Crippen molar-refractivity contribution in [1.82, 2.24) is 0 Å². The van der Waals surface area contributed by atoms with Crippen molar-refractivity contribution in [1.29, 1.82) is 0 Å². The molecule has 0 aromatic heterocycles. The van der Waals surface area contributed by atoms with Crippen LogP contribution < -0.4 is 0 Å². The van der Waals surface area contributed by atoms with Gasteiger partial charge in [-0.25, -0.2) is 13.7 Å². The second-order valence-corrected chi connectivity index (χ2v) is 2.56. The maximum atomic E-state index is 8.63. The van der Waals surface area contributed by atoms with Crippen LogP contribution in [0.1, 0.15) is 26.7 Å². The summed E-state index contributed by atoms with van der Waals surface area (Å²) in [5.41, 5.74) is 0. The minimum atomic E-state index is -4.92. The van der Waals surface area contributed by atoms with Gasteiger partial charge in [0.1, 0.15) is 0 Å². The van der Waals surface area contributed by atoms with Crippen LogP contribution in [0.25, 0.3) is 0 Å². The highest BCUT2D eigenvalue weighted by Gasteiger charge is 1.67. The number of hydrogen-bond donors (Lipinski definition) is 2. The van der Waals surface area contributed by atoms with E-state index in [2.05, 4.69) is 36.1 Å². The van der Waals surface area contributed by atoms with Crippen LogP contribution in [0.5, 0.6) is 0 Å². The van der Waals surface area contributed by atoms with Gasteiger partial charge in [-0.15, -0.1) is 0 Å². The summed E-state index contributed by atoms with van der Waals surface area (Å²) < 4.78 is 36.0. The monoisotopic (exact) mass is 236 g/mol. The first-order valence-corrected chi connectivity index (χ1v) is 4.81. The van der Waals surface area contributed by atoms with Crippen molar-refractivity contribution in [2.75, 3.05) is 0 Å². The molecule has 0 aliphatic rings. The lowest BCUT2D eigenvalue weighted by atomic mass is 10.4. The average Bonchev–Trinajstić information content (AvgIpc) is 2.01. The van der Waals surface area contributed by atoms with Crippen LogP contribution in [-0.4, -0.2) is 22.8 Å². The molecule has 0 aromatic carbocycles. The molecule has 2 N–H and O–H groups in total. The first-order chi connectivity index (χ1) is 5.83. The lowest BCUT2D eigenvalue weighted by molar-refractivity contribution is -0.431. The normalized spacial score (nSPS) is 9.08. The highest BCUT2D eigenvalue weighted by atomic mass is 32.3. The molecule has 84 valence electrons. The largest absolute Gasteiger partial charge is 0.726 e. The van der Waals surface area contributed by atoms with Gasteiger partial charge in [-0.1, -0.05) is 31.7 Å². The highest BCUT2D eigenvalue weighted by molar-refractivity contribution is 7.79. The third kappa shape index (κ3) is 280. The zero-order chi connectivity index (χ0) is 11.3. The standard InChI is InChI=1S/C4H10.H2O4S.H2O3S/c1-3-4-2;1-5(2,3)4;1-2-3-4/h3-4H2,1-2H3;(H2,1,2,3,4);1,4H/p-2. The van der Waals surface area contributed by atoms with E-state index in [1.54, 1.807) is 0 Å². The van der Waals surface area contributed by atoms with Crippen LogP contribution in [0.4, 0.5) is 0 Å². The predicted octanol–water partition coefficient (Wildman–Crippen LogP) is 0.680. The van der Waals surface area contributed by atoms with E-state index >= 15 is 0 Å². The van der Waals surface area contributed by atoms with Crippen molar-refractivity contribution in [3.05, 3.63) is 0 Å². The fraction of sp³-hybridized carbons (Fsp3) is 1.00.